The number of nitrogens with one attached hydrogen (secondary N) is 1. The molecule has 0 amide bonds. The summed E-state index contributed by atoms with van der Waals surface area (Å²) in [6, 6.07) is 4.82. The number of hydrogen-bond acceptors (Lipinski definition) is 4. The summed E-state index contributed by atoms with van der Waals surface area (Å²) >= 11 is 0. The number of anilines is 1. The molecule has 6 heteroatoms. The van der Waals surface area contributed by atoms with Gasteiger partial charge in [0.1, 0.15) is 5.75 Å². The van der Waals surface area contributed by atoms with Crippen molar-refractivity contribution in [1.29, 1.82) is 0 Å². The standard InChI is InChI=1S/C12H19NO4S/c1-9(2)17-7-8-18(15,16)13-12-10(3)5-4-6-11(12)14/h4-6,9,13-14H,7-8H2,1-3H3. The van der Waals surface area contributed by atoms with Crippen LogP contribution < -0.4 is 4.72 Å². The first kappa shape index (κ1) is 14.8. The summed E-state index contributed by atoms with van der Waals surface area (Å²) in [4.78, 5) is 0. The van der Waals surface area contributed by atoms with Crippen LogP contribution in [-0.2, 0) is 14.8 Å². The smallest absolute Gasteiger partial charge is 0.235 e. The molecule has 0 aliphatic rings. The quantitative estimate of drug-likeness (QED) is 0.776. The van der Waals surface area contributed by atoms with Crippen molar-refractivity contribution in [3.8, 4) is 5.75 Å². The fourth-order valence-corrected chi connectivity index (χ4v) is 2.38. The first-order valence-electron chi connectivity index (χ1n) is 5.72. The molecule has 0 aliphatic carbocycles. The van der Waals surface area contributed by atoms with E-state index in [0.717, 1.165) is 0 Å². The third-order valence-corrected chi connectivity index (χ3v) is 3.53. The lowest BCUT2D eigenvalue weighted by atomic mass is 10.2. The highest BCUT2D eigenvalue weighted by Crippen LogP contribution is 2.27. The minimum atomic E-state index is -3.51. The van der Waals surface area contributed by atoms with Gasteiger partial charge in [0.05, 0.1) is 24.2 Å². The van der Waals surface area contributed by atoms with Crippen LogP contribution in [0.4, 0.5) is 5.69 Å². The zero-order valence-electron chi connectivity index (χ0n) is 10.8. The Bertz CT molecular complexity index is 477. The van der Waals surface area contributed by atoms with E-state index in [9.17, 15) is 13.5 Å². The second kappa shape index (κ2) is 6.06. The number of phenolic OH excluding ortho intramolecular Hbond substituents is 1. The van der Waals surface area contributed by atoms with E-state index in [4.69, 9.17) is 4.74 Å². The predicted molar refractivity (Wildman–Crippen MR) is 71.3 cm³/mol. The molecule has 0 heterocycles. The number of hydrogen-bond donors (Lipinski definition) is 2. The molecule has 0 atom stereocenters. The van der Waals surface area contributed by atoms with Crippen LogP contribution in [0.5, 0.6) is 5.75 Å². The molecule has 1 aromatic rings. The molecule has 0 bridgehead atoms. The Morgan fingerprint density at radius 2 is 2.06 bits per heavy atom. The van der Waals surface area contributed by atoms with E-state index in [2.05, 4.69) is 4.72 Å². The maximum absolute atomic E-state index is 11.8. The molecular weight excluding hydrogens is 254 g/mol. The molecule has 0 aliphatic heterocycles. The molecular formula is C12H19NO4S. The number of aromatic hydroxyl groups is 1. The second-order valence-electron chi connectivity index (χ2n) is 4.31. The normalized spacial score (nSPS) is 11.8. The third kappa shape index (κ3) is 4.54. The molecule has 0 fully saturated rings. The van der Waals surface area contributed by atoms with E-state index >= 15 is 0 Å². The van der Waals surface area contributed by atoms with Crippen LogP contribution in [0.25, 0.3) is 0 Å². The maximum Gasteiger partial charge on any atom is 0.235 e. The fourth-order valence-electron chi connectivity index (χ4n) is 1.39. The van der Waals surface area contributed by atoms with Gasteiger partial charge in [0.2, 0.25) is 10.0 Å². The van der Waals surface area contributed by atoms with Crippen LogP contribution in [-0.4, -0.2) is 32.0 Å². The van der Waals surface area contributed by atoms with Crippen molar-refractivity contribution >= 4 is 15.7 Å². The number of benzene rings is 1. The van der Waals surface area contributed by atoms with Crippen molar-refractivity contribution in [2.45, 2.75) is 26.9 Å². The summed E-state index contributed by atoms with van der Waals surface area (Å²) in [6.45, 7) is 5.53. The Labute approximate surface area is 108 Å². The zero-order valence-corrected chi connectivity index (χ0v) is 11.6. The molecule has 0 radical (unpaired) electrons. The van der Waals surface area contributed by atoms with Crippen LogP contribution in [0.1, 0.15) is 19.4 Å². The SMILES string of the molecule is Cc1cccc(O)c1NS(=O)(=O)CCOC(C)C. The Hall–Kier alpha value is -1.27. The van der Waals surface area contributed by atoms with Crippen molar-refractivity contribution in [2.75, 3.05) is 17.1 Å². The number of aryl methyl sites for hydroxylation is 1. The first-order valence-corrected chi connectivity index (χ1v) is 7.38. The Morgan fingerprint density at radius 3 is 2.61 bits per heavy atom. The Balaban J connectivity index is 2.71. The molecule has 1 aromatic carbocycles. The Morgan fingerprint density at radius 1 is 1.39 bits per heavy atom. The van der Waals surface area contributed by atoms with Crippen LogP contribution in [0, 0.1) is 6.92 Å². The van der Waals surface area contributed by atoms with Gasteiger partial charge in [-0.05, 0) is 32.4 Å². The van der Waals surface area contributed by atoms with Crippen molar-refractivity contribution in [1.82, 2.24) is 0 Å². The molecule has 0 unspecified atom stereocenters. The van der Waals surface area contributed by atoms with Gasteiger partial charge in [-0.1, -0.05) is 12.1 Å². The topological polar surface area (TPSA) is 75.6 Å². The monoisotopic (exact) mass is 273 g/mol. The van der Waals surface area contributed by atoms with Crippen LogP contribution in [0.3, 0.4) is 0 Å². The number of phenols is 1. The summed E-state index contributed by atoms with van der Waals surface area (Å²) in [5.74, 6) is -0.220. The van der Waals surface area contributed by atoms with E-state index in [1.54, 1.807) is 19.1 Å². The van der Waals surface area contributed by atoms with Crippen LogP contribution in [0.15, 0.2) is 18.2 Å². The van der Waals surface area contributed by atoms with Gasteiger partial charge >= 0.3 is 0 Å². The zero-order chi connectivity index (χ0) is 13.8. The summed E-state index contributed by atoms with van der Waals surface area (Å²) in [7, 11) is -3.51. The van der Waals surface area contributed by atoms with E-state index < -0.39 is 10.0 Å². The maximum atomic E-state index is 11.8. The average molecular weight is 273 g/mol. The third-order valence-electron chi connectivity index (χ3n) is 2.31. The van der Waals surface area contributed by atoms with Crippen molar-refractivity contribution < 1.29 is 18.3 Å². The average Bonchev–Trinajstić information content (AvgIpc) is 2.23. The summed E-state index contributed by atoms with van der Waals surface area (Å²) in [6.07, 6.45) is -0.00735. The molecule has 2 N–H and O–H groups in total. The van der Waals surface area contributed by atoms with Gasteiger partial charge in [0, 0.05) is 0 Å². The lowest BCUT2D eigenvalue weighted by molar-refractivity contribution is 0.0913. The molecule has 0 saturated heterocycles. The van der Waals surface area contributed by atoms with Crippen LogP contribution in [0.2, 0.25) is 0 Å². The van der Waals surface area contributed by atoms with Gasteiger partial charge in [-0.25, -0.2) is 8.42 Å². The number of sulfonamides is 1. The number of ether oxygens (including phenoxy) is 1. The molecule has 1 rings (SSSR count). The number of para-hydroxylation sites is 1. The predicted octanol–water partition coefficient (Wildman–Crippen LogP) is 1.87. The molecule has 0 spiro atoms. The van der Waals surface area contributed by atoms with Crippen molar-refractivity contribution in [3.63, 3.8) is 0 Å². The van der Waals surface area contributed by atoms with Gasteiger partial charge in [-0.15, -0.1) is 0 Å². The van der Waals surface area contributed by atoms with E-state index in [0.29, 0.717) is 5.56 Å². The molecule has 102 valence electrons. The minimum Gasteiger partial charge on any atom is -0.506 e. The highest BCUT2D eigenvalue weighted by atomic mass is 32.2. The molecule has 18 heavy (non-hydrogen) atoms. The summed E-state index contributed by atoms with van der Waals surface area (Å²) in [5.41, 5.74) is 0.894. The molecule has 5 nitrogen and oxygen atoms in total. The lowest BCUT2D eigenvalue weighted by Crippen LogP contribution is -2.22. The van der Waals surface area contributed by atoms with Crippen molar-refractivity contribution in [3.05, 3.63) is 23.8 Å². The van der Waals surface area contributed by atoms with Gasteiger partial charge in [0.15, 0.2) is 0 Å². The molecule has 0 saturated carbocycles. The minimum absolute atomic E-state index is 0.00735. The van der Waals surface area contributed by atoms with Gasteiger partial charge in [-0.3, -0.25) is 4.72 Å². The second-order valence-corrected chi connectivity index (χ2v) is 6.15. The highest BCUT2D eigenvalue weighted by Gasteiger charge is 2.14. The molecule has 0 aromatic heterocycles. The van der Waals surface area contributed by atoms with Gasteiger partial charge in [0.25, 0.3) is 0 Å². The summed E-state index contributed by atoms with van der Waals surface area (Å²) in [5, 5.41) is 9.61. The first-order chi connectivity index (χ1) is 8.32. The van der Waals surface area contributed by atoms with E-state index in [-0.39, 0.29) is 29.9 Å². The summed E-state index contributed by atoms with van der Waals surface area (Å²) < 4.78 is 31.1. The van der Waals surface area contributed by atoms with E-state index in [1.165, 1.54) is 6.07 Å². The van der Waals surface area contributed by atoms with Gasteiger partial charge in [-0.2, -0.15) is 0 Å². The van der Waals surface area contributed by atoms with Crippen LogP contribution >= 0.6 is 0 Å². The van der Waals surface area contributed by atoms with Crippen molar-refractivity contribution in [2.24, 2.45) is 0 Å². The largest absolute Gasteiger partial charge is 0.506 e. The Kier molecular flexibility index (Phi) is 4.98. The highest BCUT2D eigenvalue weighted by molar-refractivity contribution is 7.92. The van der Waals surface area contributed by atoms with Gasteiger partial charge < -0.3 is 9.84 Å². The lowest BCUT2D eigenvalue weighted by Gasteiger charge is -2.12. The fraction of sp³-hybridized carbons (Fsp3) is 0.500. The number of rotatable bonds is 6. The van der Waals surface area contributed by atoms with E-state index in [1.807, 2.05) is 13.8 Å².